The van der Waals surface area contributed by atoms with Crippen molar-refractivity contribution in [3.8, 4) is 11.1 Å². The number of anilines is 2. The van der Waals surface area contributed by atoms with Crippen LogP contribution >= 0.6 is 0 Å². The summed E-state index contributed by atoms with van der Waals surface area (Å²) in [6, 6.07) is 14.4. The number of fused-ring (bicyclic) bond motifs is 2. The molecule has 2 heterocycles. The van der Waals surface area contributed by atoms with Crippen LogP contribution in [0, 0.1) is 0 Å². The van der Waals surface area contributed by atoms with Gasteiger partial charge >= 0.3 is 0 Å². The number of aromatic nitrogens is 2. The summed E-state index contributed by atoms with van der Waals surface area (Å²) in [6.45, 7) is 0. The van der Waals surface area contributed by atoms with Crippen LogP contribution in [0.3, 0.4) is 0 Å². The highest BCUT2D eigenvalue weighted by molar-refractivity contribution is 6.08. The second kappa shape index (κ2) is 3.04. The Morgan fingerprint density at radius 1 is 0.824 bits per heavy atom. The van der Waals surface area contributed by atoms with E-state index in [0.717, 1.165) is 22.4 Å². The summed E-state index contributed by atoms with van der Waals surface area (Å²) < 4.78 is 0. The first kappa shape index (κ1) is 8.70. The Balaban J connectivity index is 2.22. The lowest BCUT2D eigenvalue weighted by atomic mass is 9.96. The predicted octanol–water partition coefficient (Wildman–Crippen LogP) is 3.35. The van der Waals surface area contributed by atoms with Gasteiger partial charge in [0.15, 0.2) is 0 Å². The number of rotatable bonds is 0. The van der Waals surface area contributed by atoms with Crippen molar-refractivity contribution in [2.24, 2.45) is 0 Å². The summed E-state index contributed by atoms with van der Waals surface area (Å²) >= 11 is 0. The maximum atomic E-state index is 4.31. The van der Waals surface area contributed by atoms with Crippen LogP contribution < -0.4 is 5.32 Å². The molecule has 0 unspecified atom stereocenters. The topological polar surface area (TPSA) is 37.8 Å². The van der Waals surface area contributed by atoms with E-state index < -0.39 is 0 Å². The summed E-state index contributed by atoms with van der Waals surface area (Å²) in [5.74, 6) is 0.893. The molecule has 1 aliphatic rings. The standard InChI is InChI=1S/C14H9N3/c1-2-6-11-9(4-1)10-5-3-7-12-13(10)14(17-11)16-8-15-12/h1-8H,(H,15,16,17). The van der Waals surface area contributed by atoms with Gasteiger partial charge in [0.05, 0.1) is 10.9 Å². The minimum absolute atomic E-state index is 0.893. The van der Waals surface area contributed by atoms with E-state index in [0.29, 0.717) is 0 Å². The van der Waals surface area contributed by atoms with Crippen molar-refractivity contribution in [2.45, 2.75) is 0 Å². The molecule has 17 heavy (non-hydrogen) atoms. The lowest BCUT2D eigenvalue weighted by Gasteiger charge is -2.20. The number of hydrogen-bond donors (Lipinski definition) is 1. The summed E-state index contributed by atoms with van der Waals surface area (Å²) in [5, 5.41) is 4.46. The van der Waals surface area contributed by atoms with Gasteiger partial charge in [-0.2, -0.15) is 0 Å². The lowest BCUT2D eigenvalue weighted by molar-refractivity contribution is 1.21. The largest absolute Gasteiger partial charge is 0.339 e. The molecule has 1 aliphatic heterocycles. The smallest absolute Gasteiger partial charge is 0.142 e. The molecule has 0 saturated carbocycles. The average molecular weight is 219 g/mol. The fourth-order valence-corrected chi connectivity index (χ4v) is 2.38. The highest BCUT2D eigenvalue weighted by Gasteiger charge is 2.18. The van der Waals surface area contributed by atoms with E-state index in [1.54, 1.807) is 6.33 Å². The normalized spacial score (nSPS) is 12.0. The van der Waals surface area contributed by atoms with Crippen molar-refractivity contribution in [3.05, 3.63) is 48.8 Å². The number of hydrogen-bond acceptors (Lipinski definition) is 3. The van der Waals surface area contributed by atoms with Gasteiger partial charge < -0.3 is 5.32 Å². The van der Waals surface area contributed by atoms with E-state index in [1.807, 2.05) is 24.3 Å². The summed E-state index contributed by atoms with van der Waals surface area (Å²) in [4.78, 5) is 8.62. The van der Waals surface area contributed by atoms with Gasteiger partial charge in [-0.05, 0) is 17.7 Å². The Morgan fingerprint density at radius 3 is 2.71 bits per heavy atom. The zero-order valence-corrected chi connectivity index (χ0v) is 9.01. The van der Waals surface area contributed by atoms with Gasteiger partial charge in [0.25, 0.3) is 0 Å². The van der Waals surface area contributed by atoms with Crippen LogP contribution in [0.4, 0.5) is 11.5 Å². The van der Waals surface area contributed by atoms with Crippen molar-refractivity contribution >= 4 is 22.4 Å². The molecule has 1 N–H and O–H groups in total. The van der Waals surface area contributed by atoms with Crippen molar-refractivity contribution in [1.82, 2.24) is 9.97 Å². The molecule has 3 heteroatoms. The van der Waals surface area contributed by atoms with Gasteiger partial charge in [0.1, 0.15) is 12.1 Å². The summed E-state index contributed by atoms with van der Waals surface area (Å²) in [5.41, 5.74) is 4.49. The summed E-state index contributed by atoms with van der Waals surface area (Å²) in [6.07, 6.45) is 1.60. The first-order valence-electron chi connectivity index (χ1n) is 5.53. The molecule has 3 aromatic rings. The number of nitrogens with one attached hydrogen (secondary N) is 1. The third kappa shape index (κ3) is 1.11. The van der Waals surface area contributed by atoms with Crippen LogP contribution in [-0.4, -0.2) is 9.97 Å². The van der Waals surface area contributed by atoms with E-state index in [2.05, 4.69) is 33.5 Å². The monoisotopic (exact) mass is 219 g/mol. The van der Waals surface area contributed by atoms with Gasteiger partial charge in [-0.1, -0.05) is 30.3 Å². The maximum Gasteiger partial charge on any atom is 0.142 e. The minimum atomic E-state index is 0.893. The van der Waals surface area contributed by atoms with Crippen molar-refractivity contribution in [2.75, 3.05) is 5.32 Å². The Hall–Kier alpha value is -2.42. The Morgan fingerprint density at radius 2 is 1.71 bits per heavy atom. The SMILES string of the molecule is c1ccc2c(c1)Nc1ncnc3cccc-2c13. The molecule has 2 aromatic carbocycles. The third-order valence-corrected chi connectivity index (χ3v) is 3.13. The zero-order chi connectivity index (χ0) is 11.2. The molecule has 3 nitrogen and oxygen atoms in total. The van der Waals surface area contributed by atoms with Gasteiger partial charge in [0, 0.05) is 11.3 Å². The first-order valence-corrected chi connectivity index (χ1v) is 5.53. The van der Waals surface area contributed by atoms with Crippen molar-refractivity contribution < 1.29 is 0 Å². The number of nitrogens with zero attached hydrogens (tertiary/aromatic N) is 2. The van der Waals surface area contributed by atoms with Gasteiger partial charge in [-0.25, -0.2) is 9.97 Å². The molecule has 0 bridgehead atoms. The van der Waals surface area contributed by atoms with Crippen LogP contribution in [0.25, 0.3) is 22.0 Å². The second-order valence-electron chi connectivity index (χ2n) is 4.09. The third-order valence-electron chi connectivity index (χ3n) is 3.13. The Labute approximate surface area is 98.2 Å². The molecule has 4 rings (SSSR count). The van der Waals surface area contributed by atoms with Gasteiger partial charge in [0.2, 0.25) is 0 Å². The predicted molar refractivity (Wildman–Crippen MR) is 68.3 cm³/mol. The molecule has 80 valence electrons. The number of benzene rings is 2. The second-order valence-corrected chi connectivity index (χ2v) is 4.09. The van der Waals surface area contributed by atoms with Crippen LogP contribution in [0.15, 0.2) is 48.8 Å². The molecular weight excluding hydrogens is 210 g/mol. The number of para-hydroxylation sites is 1. The Kier molecular flexibility index (Phi) is 1.56. The average Bonchev–Trinajstić information content (AvgIpc) is 2.39. The zero-order valence-electron chi connectivity index (χ0n) is 9.01. The minimum Gasteiger partial charge on any atom is -0.339 e. The van der Waals surface area contributed by atoms with Crippen LogP contribution in [0.1, 0.15) is 0 Å². The quantitative estimate of drug-likeness (QED) is 0.493. The van der Waals surface area contributed by atoms with E-state index in [4.69, 9.17) is 0 Å². The van der Waals surface area contributed by atoms with Crippen molar-refractivity contribution in [1.29, 1.82) is 0 Å². The lowest BCUT2D eigenvalue weighted by Crippen LogP contribution is -2.03. The van der Waals surface area contributed by atoms with E-state index >= 15 is 0 Å². The van der Waals surface area contributed by atoms with Crippen LogP contribution in [-0.2, 0) is 0 Å². The first-order chi connectivity index (χ1) is 8.43. The Bertz CT molecular complexity index is 729. The highest BCUT2D eigenvalue weighted by Crippen LogP contribution is 2.41. The molecule has 1 aromatic heterocycles. The molecule has 0 aliphatic carbocycles. The van der Waals surface area contributed by atoms with Crippen LogP contribution in [0.5, 0.6) is 0 Å². The van der Waals surface area contributed by atoms with Crippen LogP contribution in [0.2, 0.25) is 0 Å². The molecular formula is C14H9N3. The molecule has 0 saturated heterocycles. The van der Waals surface area contributed by atoms with E-state index in [1.165, 1.54) is 11.1 Å². The summed E-state index contributed by atoms with van der Waals surface area (Å²) in [7, 11) is 0. The molecule has 0 amide bonds. The highest BCUT2D eigenvalue weighted by atomic mass is 15.0. The molecule has 0 fully saturated rings. The van der Waals surface area contributed by atoms with Gasteiger partial charge in [-0.15, -0.1) is 0 Å². The van der Waals surface area contributed by atoms with Crippen molar-refractivity contribution in [3.63, 3.8) is 0 Å². The van der Waals surface area contributed by atoms with E-state index in [-0.39, 0.29) is 0 Å². The fourth-order valence-electron chi connectivity index (χ4n) is 2.38. The molecule has 0 radical (unpaired) electrons. The van der Waals surface area contributed by atoms with E-state index in [9.17, 15) is 0 Å². The fraction of sp³-hybridized carbons (Fsp3) is 0. The molecule has 0 spiro atoms. The molecule has 0 atom stereocenters. The maximum absolute atomic E-state index is 4.31. The van der Waals surface area contributed by atoms with Gasteiger partial charge in [-0.3, -0.25) is 0 Å².